The molecule has 6 heteroatoms. The van der Waals surface area contributed by atoms with Crippen LogP contribution in [-0.2, 0) is 19.9 Å². The number of carbonyl (C=O) groups excluding carboxylic acids is 1. The number of hydrogen-bond acceptors (Lipinski definition) is 3. The van der Waals surface area contributed by atoms with Gasteiger partial charge in [0.15, 0.2) is 0 Å². The zero-order valence-corrected chi connectivity index (χ0v) is 13.8. The minimum Gasteiger partial charge on any atom is -0.488 e. The van der Waals surface area contributed by atoms with Crippen LogP contribution in [0.2, 0.25) is 0 Å². The van der Waals surface area contributed by atoms with Crippen molar-refractivity contribution < 1.29 is 9.53 Å². The molecule has 1 aliphatic carbocycles. The molecule has 126 valence electrons. The monoisotopic (exact) mass is 326 g/mol. The lowest BCUT2D eigenvalue weighted by Crippen LogP contribution is -2.43. The fraction of sp³-hybridized carbons (Fsp3) is 0.444. The molecule has 2 amide bonds. The van der Waals surface area contributed by atoms with Crippen molar-refractivity contribution in [3.05, 3.63) is 47.3 Å². The van der Waals surface area contributed by atoms with Gasteiger partial charge in [-0.15, -0.1) is 0 Å². The van der Waals surface area contributed by atoms with Crippen LogP contribution in [0.1, 0.15) is 35.7 Å². The van der Waals surface area contributed by atoms with Crippen molar-refractivity contribution in [1.82, 2.24) is 20.4 Å². The normalized spacial score (nSPS) is 21.5. The van der Waals surface area contributed by atoms with E-state index in [-0.39, 0.29) is 18.2 Å². The van der Waals surface area contributed by atoms with Crippen molar-refractivity contribution in [2.75, 3.05) is 6.54 Å². The summed E-state index contributed by atoms with van der Waals surface area (Å²) in [6.07, 6.45) is 5.77. The molecule has 24 heavy (non-hydrogen) atoms. The molecule has 4 rings (SSSR count). The first-order valence-corrected chi connectivity index (χ1v) is 8.50. The maximum atomic E-state index is 12.3. The van der Waals surface area contributed by atoms with Crippen LogP contribution < -0.4 is 15.4 Å². The summed E-state index contributed by atoms with van der Waals surface area (Å²) in [4.78, 5) is 12.3. The molecule has 0 spiro atoms. The Morgan fingerprint density at radius 3 is 3.17 bits per heavy atom. The van der Waals surface area contributed by atoms with Gasteiger partial charge in [-0.25, -0.2) is 4.79 Å². The highest BCUT2D eigenvalue weighted by atomic mass is 16.5. The van der Waals surface area contributed by atoms with Crippen LogP contribution in [0, 0.1) is 0 Å². The smallest absolute Gasteiger partial charge is 0.315 e. The van der Waals surface area contributed by atoms with E-state index in [1.54, 1.807) is 0 Å². The highest BCUT2D eigenvalue weighted by Gasteiger charge is 2.26. The predicted molar refractivity (Wildman–Crippen MR) is 90.0 cm³/mol. The Bertz CT molecular complexity index is 730. The Morgan fingerprint density at radius 2 is 2.29 bits per heavy atom. The minimum atomic E-state index is -0.142. The lowest BCUT2D eigenvalue weighted by Gasteiger charge is -2.24. The van der Waals surface area contributed by atoms with Crippen molar-refractivity contribution in [1.29, 1.82) is 0 Å². The number of aryl methyl sites for hydroxylation is 1. The van der Waals surface area contributed by atoms with Crippen LogP contribution in [-0.4, -0.2) is 28.5 Å². The quantitative estimate of drug-likeness (QED) is 0.907. The summed E-state index contributed by atoms with van der Waals surface area (Å²) in [5, 5.41) is 10.3. The van der Waals surface area contributed by atoms with E-state index < -0.39 is 0 Å². The van der Waals surface area contributed by atoms with Crippen LogP contribution in [0.15, 0.2) is 30.5 Å². The first-order chi connectivity index (χ1) is 11.7. The van der Waals surface area contributed by atoms with Gasteiger partial charge in [0.05, 0.1) is 18.8 Å². The lowest BCUT2D eigenvalue weighted by atomic mass is 9.93. The molecule has 2 heterocycles. The minimum absolute atomic E-state index is 0.00783. The first-order valence-electron chi connectivity index (χ1n) is 8.50. The van der Waals surface area contributed by atoms with Gasteiger partial charge in [0, 0.05) is 24.7 Å². The number of nitrogens with zero attached hydrogens (tertiary/aromatic N) is 2. The molecule has 1 aliphatic heterocycles. The molecule has 2 atom stereocenters. The zero-order chi connectivity index (χ0) is 16.5. The third kappa shape index (κ3) is 2.84. The molecule has 1 aromatic carbocycles. The average molecular weight is 326 g/mol. The third-order valence-electron chi connectivity index (χ3n) is 4.89. The number of urea groups is 1. The van der Waals surface area contributed by atoms with Gasteiger partial charge in [-0.3, -0.25) is 4.68 Å². The topological polar surface area (TPSA) is 68.2 Å². The van der Waals surface area contributed by atoms with Gasteiger partial charge >= 0.3 is 6.03 Å². The average Bonchev–Trinajstić information content (AvgIpc) is 3.17. The van der Waals surface area contributed by atoms with Gasteiger partial charge in [0.25, 0.3) is 0 Å². The number of para-hydroxylation sites is 1. The van der Waals surface area contributed by atoms with E-state index in [2.05, 4.69) is 21.8 Å². The van der Waals surface area contributed by atoms with E-state index >= 15 is 0 Å². The summed E-state index contributed by atoms with van der Waals surface area (Å²) in [5.41, 5.74) is 3.57. The Balaban J connectivity index is 1.31. The molecular weight excluding hydrogens is 304 g/mol. The molecule has 0 saturated heterocycles. The second-order valence-corrected chi connectivity index (χ2v) is 6.52. The number of rotatable bonds is 3. The maximum Gasteiger partial charge on any atom is 0.315 e. The van der Waals surface area contributed by atoms with Crippen molar-refractivity contribution in [3.63, 3.8) is 0 Å². The Kier molecular flexibility index (Phi) is 3.88. The summed E-state index contributed by atoms with van der Waals surface area (Å²) < 4.78 is 7.76. The number of aromatic nitrogens is 2. The van der Waals surface area contributed by atoms with Crippen LogP contribution in [0.5, 0.6) is 5.75 Å². The zero-order valence-electron chi connectivity index (χ0n) is 13.8. The van der Waals surface area contributed by atoms with Crippen molar-refractivity contribution in [2.45, 2.75) is 37.8 Å². The molecule has 0 saturated carbocycles. The number of carbonyl (C=O) groups is 1. The summed E-state index contributed by atoms with van der Waals surface area (Å²) in [5.74, 6) is 0.928. The third-order valence-corrected chi connectivity index (χ3v) is 4.89. The molecule has 0 radical (unpaired) electrons. The Labute approximate surface area is 141 Å². The van der Waals surface area contributed by atoms with E-state index in [0.717, 1.165) is 37.0 Å². The standard InChI is InChI=1S/C18H22N4O2/c1-22-16-7-4-6-15(14(16)11-20-22)21-18(23)19-10-13-9-12-5-2-3-8-17(12)24-13/h2-3,5,8,11,13,15H,4,6-7,9-10H2,1H3,(H2,19,21,23). The predicted octanol–water partition coefficient (Wildman–Crippen LogP) is 2.10. The van der Waals surface area contributed by atoms with Crippen molar-refractivity contribution >= 4 is 6.03 Å². The van der Waals surface area contributed by atoms with Crippen LogP contribution in [0.25, 0.3) is 0 Å². The summed E-state index contributed by atoms with van der Waals surface area (Å²) in [7, 11) is 1.95. The van der Waals surface area contributed by atoms with Gasteiger partial charge in [0.1, 0.15) is 11.9 Å². The molecule has 2 N–H and O–H groups in total. The van der Waals surface area contributed by atoms with E-state index in [0.29, 0.717) is 6.54 Å². The number of fused-ring (bicyclic) bond motifs is 2. The lowest BCUT2D eigenvalue weighted by molar-refractivity contribution is 0.211. The first kappa shape index (κ1) is 15.1. The van der Waals surface area contributed by atoms with E-state index in [1.807, 2.05) is 36.1 Å². The van der Waals surface area contributed by atoms with Gasteiger partial charge < -0.3 is 15.4 Å². The summed E-state index contributed by atoms with van der Waals surface area (Å²) in [6, 6.07) is 7.93. The van der Waals surface area contributed by atoms with E-state index in [9.17, 15) is 4.79 Å². The van der Waals surface area contributed by atoms with Gasteiger partial charge in [-0.1, -0.05) is 18.2 Å². The molecule has 2 aliphatic rings. The number of hydrogen-bond donors (Lipinski definition) is 2. The van der Waals surface area contributed by atoms with Gasteiger partial charge in [0.2, 0.25) is 0 Å². The van der Waals surface area contributed by atoms with Crippen LogP contribution >= 0.6 is 0 Å². The second-order valence-electron chi connectivity index (χ2n) is 6.52. The molecule has 2 aromatic rings. The molecular formula is C18H22N4O2. The molecule has 0 fully saturated rings. The fourth-order valence-corrected chi connectivity index (χ4v) is 3.64. The number of nitrogens with one attached hydrogen (secondary N) is 2. The number of amides is 2. The highest BCUT2D eigenvalue weighted by molar-refractivity contribution is 5.74. The highest BCUT2D eigenvalue weighted by Crippen LogP contribution is 2.29. The molecule has 6 nitrogen and oxygen atoms in total. The van der Waals surface area contributed by atoms with Crippen LogP contribution in [0.4, 0.5) is 4.79 Å². The second kappa shape index (κ2) is 6.19. The maximum absolute atomic E-state index is 12.3. The van der Waals surface area contributed by atoms with Crippen molar-refractivity contribution in [2.24, 2.45) is 7.05 Å². The Hall–Kier alpha value is -2.50. The SMILES string of the molecule is Cn1ncc2c1CCCC2NC(=O)NCC1Cc2ccccc2O1. The number of benzene rings is 1. The van der Waals surface area contributed by atoms with Crippen molar-refractivity contribution in [3.8, 4) is 5.75 Å². The van der Waals surface area contributed by atoms with Gasteiger partial charge in [-0.05, 0) is 30.9 Å². The van der Waals surface area contributed by atoms with Crippen LogP contribution in [0.3, 0.4) is 0 Å². The molecule has 0 bridgehead atoms. The largest absolute Gasteiger partial charge is 0.488 e. The number of ether oxygens (including phenoxy) is 1. The Morgan fingerprint density at radius 1 is 1.42 bits per heavy atom. The molecule has 1 aromatic heterocycles. The van der Waals surface area contributed by atoms with Gasteiger partial charge in [-0.2, -0.15) is 5.10 Å². The van der Waals surface area contributed by atoms with E-state index in [4.69, 9.17) is 4.74 Å². The summed E-state index contributed by atoms with van der Waals surface area (Å²) >= 11 is 0. The summed E-state index contributed by atoms with van der Waals surface area (Å²) in [6.45, 7) is 0.507. The molecule has 2 unspecified atom stereocenters. The van der Waals surface area contributed by atoms with E-state index in [1.165, 1.54) is 11.3 Å². The fourth-order valence-electron chi connectivity index (χ4n) is 3.64.